The van der Waals surface area contributed by atoms with Crippen molar-refractivity contribution >= 4 is 11.9 Å². The van der Waals surface area contributed by atoms with Crippen LogP contribution in [0.4, 0.5) is 0 Å². The van der Waals surface area contributed by atoms with Crippen molar-refractivity contribution in [1.82, 2.24) is 5.32 Å². The molecule has 0 spiro atoms. The van der Waals surface area contributed by atoms with Gasteiger partial charge in [-0.15, -0.1) is 0 Å². The van der Waals surface area contributed by atoms with Gasteiger partial charge in [-0.05, 0) is 83.5 Å². The molecule has 1 amide bonds. The number of nitrogens with one attached hydrogen (secondary N) is 1. The molecule has 0 bridgehead atoms. The van der Waals surface area contributed by atoms with Gasteiger partial charge in [0.1, 0.15) is 0 Å². The van der Waals surface area contributed by atoms with Gasteiger partial charge in [-0.1, -0.05) is 307 Å². The molecule has 0 aromatic heterocycles. The Bertz CT molecular complexity index is 1210. The molecule has 0 saturated carbocycles. The fourth-order valence-electron chi connectivity index (χ4n) is 10.5. The first-order valence-electron chi connectivity index (χ1n) is 33.7. The van der Waals surface area contributed by atoms with Gasteiger partial charge in [0.25, 0.3) is 0 Å². The Morgan fingerprint density at radius 1 is 0.373 bits per heavy atom. The first kappa shape index (κ1) is 73.1. The van der Waals surface area contributed by atoms with Crippen molar-refractivity contribution < 1.29 is 24.5 Å². The van der Waals surface area contributed by atoms with Crippen LogP contribution in [0.3, 0.4) is 0 Å². The molecule has 2 atom stereocenters. The van der Waals surface area contributed by atoms with Gasteiger partial charge in [-0.2, -0.15) is 0 Å². The van der Waals surface area contributed by atoms with Gasteiger partial charge in [-0.25, -0.2) is 0 Å². The number of esters is 1. The molecule has 6 nitrogen and oxygen atoms in total. The van der Waals surface area contributed by atoms with Crippen LogP contribution >= 0.6 is 0 Å². The van der Waals surface area contributed by atoms with E-state index in [1.165, 1.54) is 257 Å². The van der Waals surface area contributed by atoms with E-state index in [-0.39, 0.29) is 18.5 Å². The zero-order valence-electron chi connectivity index (χ0n) is 50.5. The van der Waals surface area contributed by atoms with Crippen molar-refractivity contribution in [3.63, 3.8) is 0 Å². The zero-order chi connectivity index (χ0) is 54.3. The first-order valence-corrected chi connectivity index (χ1v) is 33.7. The Hall–Kier alpha value is -1.92. The molecular weight excluding hydrogens is 923 g/mol. The first-order chi connectivity index (χ1) is 37.0. The summed E-state index contributed by atoms with van der Waals surface area (Å²) in [5.74, 6) is -0.0597. The molecule has 0 aromatic rings. The van der Waals surface area contributed by atoms with Crippen LogP contribution in [0.25, 0.3) is 0 Å². The van der Waals surface area contributed by atoms with Gasteiger partial charge >= 0.3 is 5.97 Å². The molecule has 75 heavy (non-hydrogen) atoms. The number of amides is 1. The van der Waals surface area contributed by atoms with Crippen LogP contribution in [0.15, 0.2) is 36.5 Å². The third kappa shape index (κ3) is 61.2. The number of rotatable bonds is 63. The van der Waals surface area contributed by atoms with E-state index >= 15 is 0 Å². The molecule has 0 aliphatic carbocycles. The molecule has 442 valence electrons. The Morgan fingerprint density at radius 3 is 1.05 bits per heavy atom. The summed E-state index contributed by atoms with van der Waals surface area (Å²) in [4.78, 5) is 24.6. The maximum absolute atomic E-state index is 12.5. The van der Waals surface area contributed by atoms with Crippen LogP contribution in [-0.4, -0.2) is 47.4 Å². The van der Waals surface area contributed by atoms with Crippen LogP contribution in [0.5, 0.6) is 0 Å². The molecule has 0 saturated heterocycles. The van der Waals surface area contributed by atoms with Crippen LogP contribution < -0.4 is 5.32 Å². The van der Waals surface area contributed by atoms with Crippen LogP contribution in [0.1, 0.15) is 367 Å². The minimum absolute atomic E-state index is 0.0129. The van der Waals surface area contributed by atoms with Gasteiger partial charge in [0.15, 0.2) is 0 Å². The van der Waals surface area contributed by atoms with Crippen molar-refractivity contribution in [2.45, 2.75) is 379 Å². The highest BCUT2D eigenvalue weighted by Gasteiger charge is 2.20. The molecule has 0 radical (unpaired) electrons. The average Bonchev–Trinajstić information content (AvgIpc) is 3.41. The number of carbonyl (C=O) groups is 2. The molecule has 0 aliphatic rings. The summed E-state index contributed by atoms with van der Waals surface area (Å²) in [6.45, 7) is 4.92. The lowest BCUT2D eigenvalue weighted by Crippen LogP contribution is -2.45. The highest BCUT2D eigenvalue weighted by atomic mass is 16.5. The van der Waals surface area contributed by atoms with Gasteiger partial charge in [-0.3, -0.25) is 9.59 Å². The molecule has 0 aromatic carbocycles. The van der Waals surface area contributed by atoms with E-state index in [0.29, 0.717) is 25.9 Å². The Labute approximate surface area is 468 Å². The van der Waals surface area contributed by atoms with Crippen LogP contribution in [0, 0.1) is 0 Å². The lowest BCUT2D eigenvalue weighted by molar-refractivity contribution is -0.143. The highest BCUT2D eigenvalue weighted by Crippen LogP contribution is 2.18. The van der Waals surface area contributed by atoms with E-state index in [4.69, 9.17) is 4.74 Å². The van der Waals surface area contributed by atoms with E-state index in [2.05, 4.69) is 55.6 Å². The van der Waals surface area contributed by atoms with E-state index in [1.54, 1.807) is 0 Å². The predicted molar refractivity (Wildman–Crippen MR) is 329 cm³/mol. The smallest absolute Gasteiger partial charge is 0.305 e. The third-order valence-corrected chi connectivity index (χ3v) is 15.7. The minimum Gasteiger partial charge on any atom is -0.466 e. The monoisotopic (exact) mass is 1050 g/mol. The quantitative estimate of drug-likeness (QED) is 0.0320. The van der Waals surface area contributed by atoms with Crippen molar-refractivity contribution in [3.8, 4) is 0 Å². The van der Waals surface area contributed by atoms with Crippen molar-refractivity contribution in [3.05, 3.63) is 36.5 Å². The normalized spacial score (nSPS) is 12.7. The molecule has 3 N–H and O–H groups in total. The average molecular weight is 1050 g/mol. The van der Waals surface area contributed by atoms with Crippen LogP contribution in [0.2, 0.25) is 0 Å². The van der Waals surface area contributed by atoms with E-state index < -0.39 is 12.1 Å². The topological polar surface area (TPSA) is 95.9 Å². The summed E-state index contributed by atoms with van der Waals surface area (Å²) in [6, 6.07) is -0.555. The Kier molecular flexibility index (Phi) is 63.0. The fraction of sp³-hybridized carbons (Fsp3) is 0.884. The number of hydrogen-bond acceptors (Lipinski definition) is 5. The summed E-state index contributed by atoms with van der Waals surface area (Å²) in [6.07, 6.45) is 81.7. The van der Waals surface area contributed by atoms with E-state index in [1.807, 2.05) is 0 Å². The molecule has 2 unspecified atom stereocenters. The molecule has 6 heteroatoms. The van der Waals surface area contributed by atoms with Gasteiger partial charge in [0.05, 0.1) is 25.4 Å². The molecule has 0 rings (SSSR count). The van der Waals surface area contributed by atoms with Gasteiger partial charge in [0, 0.05) is 12.8 Å². The number of ether oxygens (including phenoxy) is 1. The second-order valence-corrected chi connectivity index (χ2v) is 23.1. The summed E-state index contributed by atoms with van der Waals surface area (Å²) < 4.78 is 5.48. The SMILES string of the molecule is CCCCC/C=C\C/C=C\CCCCCCCCCCCC(=O)OCCCCCC/C=C\CCCCCCCCCC(=O)NC(CO)C(O)CCCCCCCCCCCCCCCCCCCCCCCCCC. The lowest BCUT2D eigenvalue weighted by atomic mass is 10.0. The standard InChI is InChI=1S/C69H131NO5/c1-3-5-7-9-11-13-15-17-19-21-23-24-25-26-27-29-30-33-37-41-45-49-53-57-61-67(72)66(65-71)70-68(73)62-58-54-50-46-42-38-34-32-36-40-44-48-52-56-60-64-75-69(74)63-59-55-51-47-43-39-35-31-28-22-20-18-16-14-12-10-8-6-4-2/h12,14,18,20,36,40,66-67,71-72H,3-11,13,15-17,19,21-35,37-39,41-65H2,1-2H3,(H,70,73)/b14-12-,20-18-,40-36-. The third-order valence-electron chi connectivity index (χ3n) is 15.7. The predicted octanol–water partition coefficient (Wildman–Crippen LogP) is 21.5. The number of aliphatic hydroxyl groups excluding tert-OH is 2. The summed E-state index contributed by atoms with van der Waals surface area (Å²) in [5.41, 5.74) is 0. The van der Waals surface area contributed by atoms with Crippen molar-refractivity contribution in [1.29, 1.82) is 0 Å². The minimum atomic E-state index is -0.677. The maximum Gasteiger partial charge on any atom is 0.305 e. The Balaban J connectivity index is 3.45. The Morgan fingerprint density at radius 2 is 0.667 bits per heavy atom. The lowest BCUT2D eigenvalue weighted by Gasteiger charge is -2.22. The van der Waals surface area contributed by atoms with Crippen LogP contribution in [-0.2, 0) is 14.3 Å². The second-order valence-electron chi connectivity index (χ2n) is 23.1. The van der Waals surface area contributed by atoms with Crippen molar-refractivity contribution in [2.24, 2.45) is 0 Å². The maximum atomic E-state index is 12.5. The largest absolute Gasteiger partial charge is 0.466 e. The number of carbonyl (C=O) groups excluding carboxylic acids is 2. The fourth-order valence-corrected chi connectivity index (χ4v) is 10.5. The number of allylic oxidation sites excluding steroid dienone is 6. The molecule has 0 aliphatic heterocycles. The van der Waals surface area contributed by atoms with E-state index in [9.17, 15) is 19.8 Å². The highest BCUT2D eigenvalue weighted by molar-refractivity contribution is 5.76. The van der Waals surface area contributed by atoms with Crippen molar-refractivity contribution in [2.75, 3.05) is 13.2 Å². The number of unbranched alkanes of at least 4 members (excludes halogenated alkanes) is 46. The summed E-state index contributed by atoms with van der Waals surface area (Å²) >= 11 is 0. The molecular formula is C69H131NO5. The summed E-state index contributed by atoms with van der Waals surface area (Å²) in [5, 5.41) is 23.4. The second kappa shape index (κ2) is 64.6. The molecule has 0 fully saturated rings. The number of aliphatic hydroxyl groups is 2. The number of hydrogen-bond donors (Lipinski definition) is 3. The van der Waals surface area contributed by atoms with E-state index in [0.717, 1.165) is 77.0 Å². The van der Waals surface area contributed by atoms with Gasteiger partial charge < -0.3 is 20.3 Å². The summed E-state index contributed by atoms with van der Waals surface area (Å²) in [7, 11) is 0. The molecule has 0 heterocycles. The zero-order valence-corrected chi connectivity index (χ0v) is 50.5. The van der Waals surface area contributed by atoms with Gasteiger partial charge in [0.2, 0.25) is 5.91 Å².